The van der Waals surface area contributed by atoms with Crippen molar-refractivity contribution in [1.82, 2.24) is 9.80 Å². The van der Waals surface area contributed by atoms with Crippen LogP contribution in [-0.4, -0.2) is 78.1 Å². The minimum absolute atomic E-state index is 0.0367. The van der Waals surface area contributed by atoms with E-state index < -0.39 is 5.60 Å². The summed E-state index contributed by atoms with van der Waals surface area (Å²) in [5.74, 6) is 12.8. The largest absolute Gasteiger partial charge is 0.497 e. The number of carbonyl (C=O) groups is 1. The molecule has 0 bridgehead atoms. The third kappa shape index (κ3) is 5.42. The number of methoxy groups -OCH3 is 2. The van der Waals surface area contributed by atoms with Gasteiger partial charge in [0.05, 0.1) is 20.1 Å². The van der Waals surface area contributed by atoms with Gasteiger partial charge in [-0.25, -0.2) is 9.98 Å². The molecule has 0 spiro atoms. The SMILES string of the molecule is COc1cc(C#CC2=CN([C@H]3CCN(C(=O)C#CC(C)(C)O)C3)C3N=CN=C(N)C23)cc(OC)c1. The smallest absolute Gasteiger partial charge is 0.298 e. The molecule has 0 radical (unpaired) electrons. The number of nitrogens with zero attached hydrogens (tertiary/aromatic N) is 4. The third-order valence-electron chi connectivity index (χ3n) is 6.02. The maximum atomic E-state index is 12.5. The summed E-state index contributed by atoms with van der Waals surface area (Å²) in [5.41, 5.74) is 6.60. The zero-order valence-corrected chi connectivity index (χ0v) is 20.3. The Morgan fingerprint density at radius 3 is 2.57 bits per heavy atom. The van der Waals surface area contributed by atoms with Crippen molar-refractivity contribution in [1.29, 1.82) is 0 Å². The normalized spacial score (nSPS) is 22.8. The van der Waals surface area contributed by atoms with Gasteiger partial charge >= 0.3 is 0 Å². The van der Waals surface area contributed by atoms with E-state index in [0.717, 1.165) is 17.6 Å². The van der Waals surface area contributed by atoms with Gasteiger partial charge in [0.15, 0.2) is 0 Å². The van der Waals surface area contributed by atoms with Crippen LogP contribution in [0.1, 0.15) is 25.8 Å². The van der Waals surface area contributed by atoms with Gasteiger partial charge in [-0.2, -0.15) is 0 Å². The van der Waals surface area contributed by atoms with Crippen LogP contribution in [0.25, 0.3) is 0 Å². The number of carbonyl (C=O) groups excluding carboxylic acids is 1. The maximum absolute atomic E-state index is 12.5. The number of hydrogen-bond acceptors (Lipinski definition) is 8. The molecule has 3 aliphatic rings. The van der Waals surface area contributed by atoms with Crippen molar-refractivity contribution >= 4 is 18.1 Å². The van der Waals surface area contributed by atoms with Crippen LogP contribution in [0.2, 0.25) is 0 Å². The first kappa shape index (κ1) is 24.2. The second kappa shape index (κ2) is 9.73. The molecule has 0 aromatic heterocycles. The highest BCUT2D eigenvalue weighted by Crippen LogP contribution is 2.35. The molecule has 3 aliphatic heterocycles. The Balaban J connectivity index is 1.57. The van der Waals surface area contributed by atoms with Crippen molar-refractivity contribution in [2.75, 3.05) is 27.3 Å². The maximum Gasteiger partial charge on any atom is 0.298 e. The van der Waals surface area contributed by atoms with Crippen LogP contribution in [0.5, 0.6) is 11.5 Å². The Bertz CT molecular complexity index is 1200. The van der Waals surface area contributed by atoms with E-state index in [4.69, 9.17) is 15.2 Å². The Hall–Kier alpha value is -3.95. The molecule has 1 fully saturated rings. The lowest BCUT2D eigenvalue weighted by Crippen LogP contribution is -2.45. The number of rotatable bonds is 3. The van der Waals surface area contributed by atoms with E-state index in [1.807, 2.05) is 18.3 Å². The summed E-state index contributed by atoms with van der Waals surface area (Å²) in [6.07, 6.45) is 3.95. The van der Waals surface area contributed by atoms with Crippen LogP contribution < -0.4 is 15.2 Å². The fourth-order valence-corrected chi connectivity index (χ4v) is 4.28. The molecule has 1 saturated heterocycles. The van der Waals surface area contributed by atoms with Crippen LogP contribution in [0, 0.1) is 29.6 Å². The van der Waals surface area contributed by atoms with E-state index >= 15 is 0 Å². The zero-order chi connectivity index (χ0) is 25.2. The van der Waals surface area contributed by atoms with Gasteiger partial charge in [0.25, 0.3) is 5.91 Å². The lowest BCUT2D eigenvalue weighted by molar-refractivity contribution is -0.124. The molecule has 0 aliphatic carbocycles. The van der Waals surface area contributed by atoms with Gasteiger partial charge < -0.3 is 30.1 Å². The second-order valence-corrected chi connectivity index (χ2v) is 9.10. The number of benzene rings is 1. The van der Waals surface area contributed by atoms with Crippen LogP contribution >= 0.6 is 0 Å². The number of ether oxygens (including phenoxy) is 2. The first-order valence-corrected chi connectivity index (χ1v) is 11.3. The van der Waals surface area contributed by atoms with Gasteiger partial charge in [0.2, 0.25) is 0 Å². The van der Waals surface area contributed by atoms with Crippen molar-refractivity contribution in [3.05, 3.63) is 35.5 Å². The number of fused-ring (bicyclic) bond motifs is 1. The van der Waals surface area contributed by atoms with Crippen molar-refractivity contribution in [3.8, 4) is 35.2 Å². The number of aliphatic imine (C=N–C) groups is 2. The lowest BCUT2D eigenvalue weighted by atomic mass is 9.97. The van der Waals surface area contributed by atoms with Crippen molar-refractivity contribution in [2.24, 2.45) is 21.6 Å². The van der Waals surface area contributed by atoms with Gasteiger partial charge in [-0.15, -0.1) is 0 Å². The fourth-order valence-electron chi connectivity index (χ4n) is 4.28. The molecule has 9 heteroatoms. The van der Waals surface area contributed by atoms with Crippen LogP contribution in [0.15, 0.2) is 40.0 Å². The molecule has 9 nitrogen and oxygen atoms in total. The van der Waals surface area contributed by atoms with Crippen LogP contribution in [0.3, 0.4) is 0 Å². The van der Waals surface area contributed by atoms with E-state index in [1.165, 1.54) is 6.34 Å². The molecule has 182 valence electrons. The molecular weight excluding hydrogens is 446 g/mol. The molecule has 35 heavy (non-hydrogen) atoms. The minimum Gasteiger partial charge on any atom is -0.497 e. The average Bonchev–Trinajstić information content (AvgIpc) is 3.46. The van der Waals surface area contributed by atoms with Crippen LogP contribution in [-0.2, 0) is 4.79 Å². The molecule has 3 atom stereocenters. The number of aliphatic hydroxyl groups is 1. The van der Waals surface area contributed by atoms with Crippen molar-refractivity contribution < 1.29 is 19.4 Å². The van der Waals surface area contributed by atoms with E-state index in [9.17, 15) is 9.90 Å². The molecule has 3 heterocycles. The van der Waals surface area contributed by atoms with Gasteiger partial charge in [0, 0.05) is 42.5 Å². The summed E-state index contributed by atoms with van der Waals surface area (Å²) < 4.78 is 10.7. The molecule has 4 rings (SSSR count). The summed E-state index contributed by atoms with van der Waals surface area (Å²) in [7, 11) is 3.19. The standard InChI is InChI=1S/C26H29N5O4/c1-26(2,33)9-7-22(32)30-10-8-19(15-30)31-14-18(23-24(27)28-16-29-25(23)31)6-5-17-11-20(34-3)13-21(12-17)35-4/h11-14,16,19,23,25,33H,8,10,15H2,1-4H3,(H2,27,28,29)/t19-,23?,25?/m0/s1. The van der Waals surface area contributed by atoms with Gasteiger partial charge in [-0.3, -0.25) is 4.79 Å². The topological polar surface area (TPSA) is 113 Å². The van der Waals surface area contributed by atoms with Gasteiger partial charge in [-0.1, -0.05) is 17.8 Å². The minimum atomic E-state index is -1.21. The molecule has 1 amide bonds. The molecular formula is C26H29N5O4. The van der Waals surface area contributed by atoms with E-state index in [0.29, 0.717) is 30.4 Å². The summed E-state index contributed by atoms with van der Waals surface area (Å²) in [6.45, 7) is 4.17. The summed E-state index contributed by atoms with van der Waals surface area (Å²) in [4.78, 5) is 25.1. The Morgan fingerprint density at radius 1 is 1.20 bits per heavy atom. The number of amides is 1. The molecule has 2 unspecified atom stereocenters. The third-order valence-corrected chi connectivity index (χ3v) is 6.02. The summed E-state index contributed by atoms with van der Waals surface area (Å²) in [6, 6.07) is 5.50. The predicted octanol–water partition coefficient (Wildman–Crippen LogP) is 0.971. The summed E-state index contributed by atoms with van der Waals surface area (Å²) in [5, 5.41) is 9.78. The highest BCUT2D eigenvalue weighted by atomic mass is 16.5. The van der Waals surface area contributed by atoms with E-state index in [2.05, 4.69) is 38.6 Å². The summed E-state index contributed by atoms with van der Waals surface area (Å²) >= 11 is 0. The number of likely N-dealkylation sites (tertiary alicyclic amines) is 1. The van der Waals surface area contributed by atoms with Gasteiger partial charge in [-0.05, 0) is 38.3 Å². The van der Waals surface area contributed by atoms with Crippen molar-refractivity contribution in [2.45, 2.75) is 38.1 Å². The van der Waals surface area contributed by atoms with Crippen LogP contribution in [0.4, 0.5) is 0 Å². The van der Waals surface area contributed by atoms with E-state index in [1.54, 1.807) is 39.0 Å². The van der Waals surface area contributed by atoms with E-state index in [-0.39, 0.29) is 24.0 Å². The quantitative estimate of drug-likeness (QED) is 0.630. The second-order valence-electron chi connectivity index (χ2n) is 9.10. The highest BCUT2D eigenvalue weighted by Gasteiger charge is 2.43. The average molecular weight is 476 g/mol. The Morgan fingerprint density at radius 2 is 1.91 bits per heavy atom. The number of hydrogen-bond donors (Lipinski definition) is 2. The highest BCUT2D eigenvalue weighted by molar-refractivity contribution is 5.95. The number of amidine groups is 1. The molecule has 0 saturated carbocycles. The van der Waals surface area contributed by atoms with Crippen molar-refractivity contribution in [3.63, 3.8) is 0 Å². The van der Waals surface area contributed by atoms with Gasteiger partial charge in [0.1, 0.15) is 35.4 Å². The lowest BCUT2D eigenvalue weighted by Gasteiger charge is -2.32. The zero-order valence-electron chi connectivity index (χ0n) is 20.3. The molecule has 1 aromatic rings. The first-order valence-electron chi connectivity index (χ1n) is 11.3. The predicted molar refractivity (Wildman–Crippen MR) is 133 cm³/mol. The fraction of sp³-hybridized carbons (Fsp3) is 0.423. The first-order chi connectivity index (χ1) is 16.7. The molecule has 3 N–H and O–H groups in total. The number of nitrogens with two attached hydrogens (primary N) is 1. The Labute approximate surface area is 205 Å². The Kier molecular flexibility index (Phi) is 6.72. The molecule has 1 aromatic carbocycles. The monoisotopic (exact) mass is 475 g/mol.